The molecule has 2 rings (SSSR count). The molecule has 0 aliphatic rings. The van der Waals surface area contributed by atoms with Gasteiger partial charge in [-0.15, -0.1) is 0 Å². The van der Waals surface area contributed by atoms with Crippen LogP contribution in [-0.4, -0.2) is 10.9 Å². The molecule has 0 aliphatic heterocycles. The number of carbonyl (C=O) groups is 1. The largest absolute Gasteiger partial charge is 0.384 e. The number of nitrogens with two attached hydrogens (primary N) is 1. The average molecular weight is 300 g/mol. The van der Waals surface area contributed by atoms with Crippen LogP contribution in [0.3, 0.4) is 0 Å². The molecule has 0 fully saturated rings. The Hall–Kier alpha value is -1.85. The molecule has 0 saturated heterocycles. The van der Waals surface area contributed by atoms with Gasteiger partial charge in [-0.2, -0.15) is 0 Å². The van der Waals surface area contributed by atoms with Crippen LogP contribution in [0.25, 0.3) is 0 Å². The molecule has 2 aromatic rings. The summed E-state index contributed by atoms with van der Waals surface area (Å²) in [5.74, 6) is -0.832. The predicted molar refractivity (Wildman–Crippen MR) is 73.0 cm³/mol. The second kappa shape index (κ2) is 5.42. The van der Waals surface area contributed by atoms with E-state index in [1.54, 1.807) is 0 Å². The van der Waals surface area contributed by atoms with Gasteiger partial charge in [-0.1, -0.05) is 23.2 Å². The first kappa shape index (κ1) is 13.6. The molecule has 1 aromatic heterocycles. The zero-order valence-electron chi connectivity index (χ0n) is 9.45. The highest BCUT2D eigenvalue weighted by Gasteiger charge is 2.13. The van der Waals surface area contributed by atoms with Crippen LogP contribution in [0.1, 0.15) is 10.4 Å². The number of rotatable bonds is 2. The van der Waals surface area contributed by atoms with E-state index in [4.69, 9.17) is 28.9 Å². The number of benzene rings is 1. The fourth-order valence-corrected chi connectivity index (χ4v) is 1.81. The summed E-state index contributed by atoms with van der Waals surface area (Å²) >= 11 is 11.7. The van der Waals surface area contributed by atoms with Crippen LogP contribution < -0.4 is 11.1 Å². The lowest BCUT2D eigenvalue weighted by Crippen LogP contribution is -2.13. The fourth-order valence-electron chi connectivity index (χ4n) is 1.41. The van der Waals surface area contributed by atoms with E-state index in [0.29, 0.717) is 0 Å². The first-order valence-electron chi connectivity index (χ1n) is 5.15. The minimum absolute atomic E-state index is 0.0894. The van der Waals surface area contributed by atoms with E-state index >= 15 is 0 Å². The van der Waals surface area contributed by atoms with Gasteiger partial charge in [-0.25, -0.2) is 9.37 Å². The third-order valence-electron chi connectivity index (χ3n) is 2.30. The maximum absolute atomic E-state index is 12.9. The van der Waals surface area contributed by atoms with Crippen molar-refractivity contribution < 1.29 is 9.18 Å². The summed E-state index contributed by atoms with van der Waals surface area (Å²) in [5, 5.41) is 2.76. The van der Waals surface area contributed by atoms with Gasteiger partial charge in [-0.05, 0) is 24.3 Å². The minimum atomic E-state index is -0.507. The van der Waals surface area contributed by atoms with Gasteiger partial charge in [0.05, 0.1) is 21.3 Å². The van der Waals surface area contributed by atoms with Gasteiger partial charge < -0.3 is 11.1 Å². The molecule has 0 spiro atoms. The number of nitrogen functional groups attached to an aromatic ring is 1. The molecule has 1 heterocycles. The number of anilines is 2. The van der Waals surface area contributed by atoms with Crippen LogP contribution in [0.4, 0.5) is 15.9 Å². The highest BCUT2D eigenvalue weighted by Crippen LogP contribution is 2.24. The van der Waals surface area contributed by atoms with Crippen molar-refractivity contribution in [3.8, 4) is 0 Å². The number of nitrogens with one attached hydrogen (secondary N) is 1. The van der Waals surface area contributed by atoms with E-state index in [-0.39, 0.29) is 27.1 Å². The molecule has 0 saturated carbocycles. The van der Waals surface area contributed by atoms with Crippen LogP contribution in [0, 0.1) is 5.82 Å². The van der Waals surface area contributed by atoms with Crippen molar-refractivity contribution in [1.29, 1.82) is 0 Å². The molecule has 0 aliphatic carbocycles. The van der Waals surface area contributed by atoms with Gasteiger partial charge in [-0.3, -0.25) is 4.79 Å². The van der Waals surface area contributed by atoms with Crippen molar-refractivity contribution in [2.45, 2.75) is 0 Å². The van der Waals surface area contributed by atoms with Gasteiger partial charge in [0.1, 0.15) is 11.6 Å². The summed E-state index contributed by atoms with van der Waals surface area (Å²) in [6.45, 7) is 0. The zero-order chi connectivity index (χ0) is 14.0. The Morgan fingerprint density at radius 1 is 1.26 bits per heavy atom. The van der Waals surface area contributed by atoms with E-state index in [2.05, 4.69) is 10.3 Å². The lowest BCUT2D eigenvalue weighted by molar-refractivity contribution is 0.102. The smallest absolute Gasteiger partial charge is 0.257 e. The Bertz CT molecular complexity index is 649. The number of aromatic nitrogens is 1. The molecule has 4 nitrogen and oxygen atoms in total. The average Bonchev–Trinajstić information content (AvgIpc) is 2.35. The highest BCUT2D eigenvalue weighted by atomic mass is 35.5. The molecular formula is C12H8Cl2FN3O. The normalized spacial score (nSPS) is 10.3. The Kier molecular flexibility index (Phi) is 3.87. The number of amides is 1. The molecule has 3 N–H and O–H groups in total. The Balaban J connectivity index is 2.28. The van der Waals surface area contributed by atoms with Gasteiger partial charge in [0.15, 0.2) is 0 Å². The summed E-state index contributed by atoms with van der Waals surface area (Å²) in [5.41, 5.74) is 5.92. The van der Waals surface area contributed by atoms with Crippen LogP contribution >= 0.6 is 23.2 Å². The Morgan fingerprint density at radius 3 is 2.68 bits per heavy atom. The Labute approximate surface area is 118 Å². The first-order chi connectivity index (χ1) is 8.97. The van der Waals surface area contributed by atoms with Crippen molar-refractivity contribution >= 4 is 40.6 Å². The number of halogens is 3. The number of hydrogen-bond donors (Lipinski definition) is 2. The quantitative estimate of drug-likeness (QED) is 0.893. The molecule has 98 valence electrons. The van der Waals surface area contributed by atoms with Crippen molar-refractivity contribution in [1.82, 2.24) is 4.98 Å². The molecule has 0 unspecified atom stereocenters. The Morgan fingerprint density at radius 2 is 2.00 bits per heavy atom. The minimum Gasteiger partial charge on any atom is -0.384 e. The molecule has 7 heteroatoms. The van der Waals surface area contributed by atoms with E-state index in [0.717, 1.165) is 6.07 Å². The number of carbonyl (C=O) groups excluding carboxylic acids is 1. The van der Waals surface area contributed by atoms with Crippen LogP contribution in [0.2, 0.25) is 10.0 Å². The summed E-state index contributed by atoms with van der Waals surface area (Å²) < 4.78 is 12.9. The molecular weight excluding hydrogens is 292 g/mol. The van der Waals surface area contributed by atoms with Crippen molar-refractivity contribution in [2.24, 2.45) is 0 Å². The third-order valence-corrected chi connectivity index (χ3v) is 2.91. The molecule has 1 aromatic carbocycles. The van der Waals surface area contributed by atoms with Gasteiger partial charge >= 0.3 is 0 Å². The standard InChI is InChI=1S/C12H8Cl2FN3O/c13-8-3-6(15)1-2-10(8)18-12(19)7-4-11(16)17-5-9(7)14/h1-5H,(H2,16,17)(H,18,19). The van der Waals surface area contributed by atoms with Crippen molar-refractivity contribution in [3.63, 3.8) is 0 Å². The summed E-state index contributed by atoms with van der Waals surface area (Å²) in [6, 6.07) is 4.98. The maximum atomic E-state index is 12.9. The molecule has 19 heavy (non-hydrogen) atoms. The van der Waals surface area contributed by atoms with Crippen molar-refractivity contribution in [3.05, 3.63) is 51.9 Å². The first-order valence-corrected chi connectivity index (χ1v) is 5.90. The summed E-state index contributed by atoms with van der Waals surface area (Å²) in [4.78, 5) is 15.7. The number of pyridine rings is 1. The predicted octanol–water partition coefficient (Wildman–Crippen LogP) is 3.36. The summed E-state index contributed by atoms with van der Waals surface area (Å²) in [6.07, 6.45) is 1.28. The van der Waals surface area contributed by atoms with Gasteiger partial charge in [0, 0.05) is 6.20 Å². The van der Waals surface area contributed by atoms with Crippen LogP contribution in [0.15, 0.2) is 30.5 Å². The van der Waals surface area contributed by atoms with Crippen LogP contribution in [0.5, 0.6) is 0 Å². The zero-order valence-corrected chi connectivity index (χ0v) is 11.0. The molecule has 0 atom stereocenters. The highest BCUT2D eigenvalue weighted by molar-refractivity contribution is 6.35. The van der Waals surface area contributed by atoms with E-state index < -0.39 is 11.7 Å². The summed E-state index contributed by atoms with van der Waals surface area (Å²) in [7, 11) is 0. The van der Waals surface area contributed by atoms with E-state index in [1.807, 2.05) is 0 Å². The molecule has 0 bridgehead atoms. The lowest BCUT2D eigenvalue weighted by atomic mass is 10.2. The van der Waals surface area contributed by atoms with E-state index in [1.165, 1.54) is 24.4 Å². The molecule has 0 radical (unpaired) electrons. The van der Waals surface area contributed by atoms with Gasteiger partial charge in [0.2, 0.25) is 0 Å². The van der Waals surface area contributed by atoms with E-state index in [9.17, 15) is 9.18 Å². The molecule has 1 amide bonds. The van der Waals surface area contributed by atoms with Crippen LogP contribution in [-0.2, 0) is 0 Å². The number of nitrogens with zero attached hydrogens (tertiary/aromatic N) is 1. The fraction of sp³-hybridized carbons (Fsp3) is 0. The monoisotopic (exact) mass is 299 g/mol. The third kappa shape index (κ3) is 3.13. The second-order valence-electron chi connectivity index (χ2n) is 3.67. The lowest BCUT2D eigenvalue weighted by Gasteiger charge is -2.08. The number of hydrogen-bond acceptors (Lipinski definition) is 3. The maximum Gasteiger partial charge on any atom is 0.257 e. The SMILES string of the molecule is Nc1cc(C(=O)Nc2ccc(F)cc2Cl)c(Cl)cn1. The second-order valence-corrected chi connectivity index (χ2v) is 4.48. The van der Waals surface area contributed by atoms with Gasteiger partial charge in [0.25, 0.3) is 5.91 Å². The topological polar surface area (TPSA) is 68.0 Å². The van der Waals surface area contributed by atoms with Crippen molar-refractivity contribution in [2.75, 3.05) is 11.1 Å².